The van der Waals surface area contributed by atoms with Crippen LogP contribution in [0.25, 0.3) is 0 Å². The third-order valence-corrected chi connectivity index (χ3v) is 3.43. The Labute approximate surface area is 105 Å². The van der Waals surface area contributed by atoms with Crippen molar-refractivity contribution in [1.29, 1.82) is 5.26 Å². The molecule has 2 aromatic carbocycles. The quantitative estimate of drug-likeness (QED) is 0.836. The molecule has 0 aliphatic carbocycles. The van der Waals surface area contributed by atoms with Gasteiger partial charge in [-0.2, -0.15) is 5.26 Å². The van der Waals surface area contributed by atoms with Gasteiger partial charge >= 0.3 is 0 Å². The van der Waals surface area contributed by atoms with Crippen LogP contribution in [0.1, 0.15) is 11.1 Å². The number of phenols is 1. The van der Waals surface area contributed by atoms with Gasteiger partial charge in [-0.1, -0.05) is 18.2 Å². The van der Waals surface area contributed by atoms with Crippen LogP contribution in [0.15, 0.2) is 53.4 Å². The van der Waals surface area contributed by atoms with Gasteiger partial charge < -0.3 is 5.11 Å². The monoisotopic (exact) mass is 241 g/mol. The zero-order chi connectivity index (χ0) is 12.1. The smallest absolute Gasteiger partial charge is 0.115 e. The Morgan fingerprint density at radius 3 is 2.47 bits per heavy atom. The Morgan fingerprint density at radius 2 is 1.76 bits per heavy atom. The van der Waals surface area contributed by atoms with E-state index in [9.17, 15) is 5.11 Å². The average Bonchev–Trinajstić information content (AvgIpc) is 2.38. The van der Waals surface area contributed by atoms with E-state index in [0.29, 0.717) is 0 Å². The van der Waals surface area contributed by atoms with Gasteiger partial charge in [0.2, 0.25) is 0 Å². The van der Waals surface area contributed by atoms with E-state index in [1.807, 2.05) is 36.4 Å². The van der Waals surface area contributed by atoms with Crippen molar-refractivity contribution >= 4 is 11.8 Å². The topological polar surface area (TPSA) is 44.0 Å². The summed E-state index contributed by atoms with van der Waals surface area (Å²) in [7, 11) is 0. The first kappa shape index (κ1) is 11.6. The van der Waals surface area contributed by atoms with E-state index >= 15 is 0 Å². The SMILES string of the molecule is N#Cc1ccccc1CSc1ccc(O)cc1. The summed E-state index contributed by atoms with van der Waals surface area (Å²) in [6, 6.07) is 16.9. The van der Waals surface area contributed by atoms with Gasteiger partial charge in [-0.3, -0.25) is 0 Å². The second-order valence-corrected chi connectivity index (χ2v) is 4.60. The van der Waals surface area contributed by atoms with E-state index in [-0.39, 0.29) is 5.75 Å². The molecule has 84 valence electrons. The number of phenolic OH excluding ortho intramolecular Hbond substituents is 1. The molecule has 3 heteroatoms. The van der Waals surface area contributed by atoms with Gasteiger partial charge in [0, 0.05) is 10.6 Å². The first-order valence-corrected chi connectivity index (χ1v) is 6.18. The molecular weight excluding hydrogens is 230 g/mol. The molecule has 0 atom stereocenters. The summed E-state index contributed by atoms with van der Waals surface area (Å²) in [5.41, 5.74) is 1.76. The fourth-order valence-electron chi connectivity index (χ4n) is 1.46. The Bertz CT molecular complexity index is 543. The fraction of sp³-hybridized carbons (Fsp3) is 0.0714. The van der Waals surface area contributed by atoms with Crippen LogP contribution in [0.3, 0.4) is 0 Å². The summed E-state index contributed by atoms with van der Waals surface area (Å²) < 4.78 is 0. The molecule has 0 bridgehead atoms. The third kappa shape index (κ3) is 3.02. The summed E-state index contributed by atoms with van der Waals surface area (Å²) >= 11 is 1.65. The van der Waals surface area contributed by atoms with Gasteiger partial charge in [0.25, 0.3) is 0 Å². The van der Waals surface area contributed by atoms with E-state index in [0.717, 1.165) is 21.8 Å². The molecule has 0 spiro atoms. The zero-order valence-electron chi connectivity index (χ0n) is 9.13. The highest BCUT2D eigenvalue weighted by Gasteiger charge is 2.01. The van der Waals surface area contributed by atoms with Gasteiger partial charge in [0.1, 0.15) is 5.75 Å². The highest BCUT2D eigenvalue weighted by atomic mass is 32.2. The maximum Gasteiger partial charge on any atom is 0.115 e. The molecule has 0 unspecified atom stereocenters. The van der Waals surface area contributed by atoms with Crippen LogP contribution in [0.4, 0.5) is 0 Å². The first-order chi connectivity index (χ1) is 8.29. The van der Waals surface area contributed by atoms with Gasteiger partial charge in [-0.15, -0.1) is 11.8 Å². The minimum Gasteiger partial charge on any atom is -0.508 e. The summed E-state index contributed by atoms with van der Waals surface area (Å²) in [6.45, 7) is 0. The van der Waals surface area contributed by atoms with Crippen LogP contribution in [0, 0.1) is 11.3 Å². The lowest BCUT2D eigenvalue weighted by Gasteiger charge is -2.03. The number of hydrogen-bond donors (Lipinski definition) is 1. The molecule has 0 aliphatic heterocycles. The standard InChI is InChI=1S/C14H11NOS/c15-9-11-3-1-2-4-12(11)10-17-14-7-5-13(16)6-8-14/h1-8,16H,10H2. The number of hydrogen-bond acceptors (Lipinski definition) is 3. The maximum atomic E-state index is 9.17. The maximum absolute atomic E-state index is 9.17. The predicted molar refractivity (Wildman–Crippen MR) is 68.8 cm³/mol. The average molecular weight is 241 g/mol. The van der Waals surface area contributed by atoms with E-state index < -0.39 is 0 Å². The molecule has 0 aromatic heterocycles. The Morgan fingerprint density at radius 1 is 1.06 bits per heavy atom. The van der Waals surface area contributed by atoms with Crippen molar-refractivity contribution in [2.24, 2.45) is 0 Å². The van der Waals surface area contributed by atoms with Crippen molar-refractivity contribution < 1.29 is 5.11 Å². The van der Waals surface area contributed by atoms with Crippen molar-refractivity contribution in [2.75, 3.05) is 0 Å². The Kier molecular flexibility index (Phi) is 3.69. The van der Waals surface area contributed by atoms with Crippen LogP contribution in [0.2, 0.25) is 0 Å². The Hall–Kier alpha value is -1.92. The molecule has 2 nitrogen and oxygen atoms in total. The predicted octanol–water partition coefficient (Wildman–Crippen LogP) is 3.56. The number of benzene rings is 2. The van der Waals surface area contributed by atoms with E-state index in [1.54, 1.807) is 23.9 Å². The van der Waals surface area contributed by atoms with Crippen LogP contribution in [0.5, 0.6) is 5.75 Å². The van der Waals surface area contributed by atoms with Gasteiger partial charge in [-0.25, -0.2) is 0 Å². The highest BCUT2D eigenvalue weighted by molar-refractivity contribution is 7.98. The van der Waals surface area contributed by atoms with Crippen molar-refractivity contribution in [3.63, 3.8) is 0 Å². The van der Waals surface area contributed by atoms with Gasteiger partial charge in [-0.05, 0) is 35.9 Å². The normalized spacial score (nSPS) is 9.82. The second-order valence-electron chi connectivity index (χ2n) is 3.55. The van der Waals surface area contributed by atoms with E-state index in [1.165, 1.54) is 0 Å². The van der Waals surface area contributed by atoms with E-state index in [4.69, 9.17) is 5.26 Å². The molecule has 17 heavy (non-hydrogen) atoms. The minimum atomic E-state index is 0.270. The number of nitriles is 1. The fourth-order valence-corrected chi connectivity index (χ4v) is 2.36. The highest BCUT2D eigenvalue weighted by Crippen LogP contribution is 2.25. The van der Waals surface area contributed by atoms with Crippen LogP contribution in [-0.4, -0.2) is 5.11 Å². The summed E-state index contributed by atoms with van der Waals surface area (Å²) in [5, 5.41) is 18.1. The first-order valence-electron chi connectivity index (χ1n) is 5.19. The molecule has 0 saturated heterocycles. The summed E-state index contributed by atoms with van der Waals surface area (Å²) in [5.74, 6) is 1.03. The lowest BCUT2D eigenvalue weighted by Crippen LogP contribution is -1.86. The zero-order valence-corrected chi connectivity index (χ0v) is 9.95. The molecule has 0 fully saturated rings. The van der Waals surface area contributed by atoms with Crippen molar-refractivity contribution in [1.82, 2.24) is 0 Å². The molecule has 0 amide bonds. The molecule has 0 radical (unpaired) electrons. The number of nitrogens with zero attached hydrogens (tertiary/aromatic N) is 1. The van der Waals surface area contributed by atoms with E-state index in [2.05, 4.69) is 6.07 Å². The largest absolute Gasteiger partial charge is 0.508 e. The number of aromatic hydroxyl groups is 1. The molecule has 0 saturated carbocycles. The summed E-state index contributed by atoms with van der Waals surface area (Å²) in [6.07, 6.45) is 0. The van der Waals surface area contributed by atoms with Crippen molar-refractivity contribution in [3.05, 3.63) is 59.7 Å². The van der Waals surface area contributed by atoms with Crippen LogP contribution >= 0.6 is 11.8 Å². The second kappa shape index (κ2) is 5.42. The summed E-state index contributed by atoms with van der Waals surface area (Å²) in [4.78, 5) is 1.08. The Balaban J connectivity index is 2.08. The van der Waals surface area contributed by atoms with Gasteiger partial charge in [0.05, 0.1) is 11.6 Å². The minimum absolute atomic E-state index is 0.270. The lowest BCUT2D eigenvalue weighted by atomic mass is 10.1. The number of thioether (sulfide) groups is 1. The van der Waals surface area contributed by atoms with Crippen LogP contribution < -0.4 is 0 Å². The van der Waals surface area contributed by atoms with Crippen LogP contribution in [-0.2, 0) is 5.75 Å². The lowest BCUT2D eigenvalue weighted by molar-refractivity contribution is 0.475. The third-order valence-electron chi connectivity index (χ3n) is 2.37. The molecule has 2 aromatic rings. The molecular formula is C14H11NOS. The molecule has 1 N–H and O–H groups in total. The van der Waals surface area contributed by atoms with Gasteiger partial charge in [0.15, 0.2) is 0 Å². The molecule has 0 heterocycles. The molecule has 2 rings (SSSR count). The molecule has 0 aliphatic rings. The van der Waals surface area contributed by atoms with Crippen molar-refractivity contribution in [2.45, 2.75) is 10.6 Å². The number of rotatable bonds is 3. The van der Waals surface area contributed by atoms with Crippen molar-refractivity contribution in [3.8, 4) is 11.8 Å².